The minimum absolute atomic E-state index is 0.190. The van der Waals surface area contributed by atoms with Crippen LogP contribution in [0.25, 0.3) is 5.95 Å². The molecule has 2 aromatic rings. The summed E-state index contributed by atoms with van der Waals surface area (Å²) in [5.41, 5.74) is 0. The first kappa shape index (κ1) is 14.2. The van der Waals surface area contributed by atoms with Gasteiger partial charge in [-0.3, -0.25) is 0 Å². The predicted molar refractivity (Wildman–Crippen MR) is 80.9 cm³/mol. The second kappa shape index (κ2) is 5.95. The first-order chi connectivity index (χ1) is 10.1. The maximum absolute atomic E-state index is 6.06. The van der Waals surface area contributed by atoms with Gasteiger partial charge in [0.15, 0.2) is 0 Å². The van der Waals surface area contributed by atoms with Crippen LogP contribution in [0.15, 0.2) is 18.5 Å². The van der Waals surface area contributed by atoms with Gasteiger partial charge in [0.05, 0.1) is 0 Å². The van der Waals surface area contributed by atoms with Gasteiger partial charge >= 0.3 is 0 Å². The van der Waals surface area contributed by atoms with E-state index in [1.165, 1.54) is 0 Å². The molecule has 1 fully saturated rings. The van der Waals surface area contributed by atoms with Crippen molar-refractivity contribution in [2.24, 2.45) is 0 Å². The van der Waals surface area contributed by atoms with E-state index in [4.69, 9.17) is 11.6 Å². The Bertz CT molecular complexity index is 601. The van der Waals surface area contributed by atoms with Crippen LogP contribution in [0.4, 0.5) is 5.95 Å². The van der Waals surface area contributed by atoms with Gasteiger partial charge in [0.25, 0.3) is 5.95 Å². The minimum Gasteiger partial charge on any atom is -0.337 e. The van der Waals surface area contributed by atoms with E-state index in [1.807, 2.05) is 6.07 Å². The summed E-state index contributed by atoms with van der Waals surface area (Å²) < 4.78 is 1.59. The molecule has 0 spiro atoms. The fourth-order valence-electron chi connectivity index (χ4n) is 2.62. The average Bonchev–Trinajstić information content (AvgIpc) is 2.91. The maximum atomic E-state index is 6.06. The molecule has 3 rings (SSSR count). The second-order valence-electron chi connectivity index (χ2n) is 5.31. The van der Waals surface area contributed by atoms with E-state index in [-0.39, 0.29) is 5.28 Å². The minimum atomic E-state index is 0.190. The Kier molecular flexibility index (Phi) is 4.03. The van der Waals surface area contributed by atoms with Crippen LogP contribution >= 0.6 is 11.6 Å². The van der Waals surface area contributed by atoms with Crippen molar-refractivity contribution in [3.05, 3.63) is 23.7 Å². The molecule has 8 heteroatoms. The van der Waals surface area contributed by atoms with Gasteiger partial charge in [-0.15, -0.1) is 0 Å². The molecule has 0 aromatic carbocycles. The first-order valence-corrected chi connectivity index (χ1v) is 7.38. The highest BCUT2D eigenvalue weighted by Gasteiger charge is 2.23. The van der Waals surface area contributed by atoms with E-state index in [1.54, 1.807) is 17.1 Å². The van der Waals surface area contributed by atoms with Crippen molar-refractivity contribution in [3.63, 3.8) is 0 Å². The molecule has 21 heavy (non-hydrogen) atoms. The molecule has 0 saturated carbocycles. The lowest BCUT2D eigenvalue weighted by molar-refractivity contribution is 0.337. The zero-order valence-corrected chi connectivity index (χ0v) is 12.9. The zero-order valence-electron chi connectivity index (χ0n) is 12.1. The van der Waals surface area contributed by atoms with Crippen molar-refractivity contribution in [2.75, 3.05) is 31.6 Å². The molecule has 3 heterocycles. The van der Waals surface area contributed by atoms with Gasteiger partial charge in [-0.05, 0) is 44.6 Å². The van der Waals surface area contributed by atoms with E-state index in [2.05, 4.69) is 43.8 Å². The van der Waals surface area contributed by atoms with Gasteiger partial charge < -0.3 is 9.80 Å². The number of aromatic nitrogens is 5. The highest BCUT2D eigenvalue weighted by molar-refractivity contribution is 6.28. The zero-order chi connectivity index (χ0) is 14.8. The normalized spacial score (nSPS) is 20.5. The number of hydrogen-bond donors (Lipinski definition) is 0. The van der Waals surface area contributed by atoms with Crippen molar-refractivity contribution in [3.8, 4) is 5.95 Å². The predicted octanol–water partition coefficient (Wildman–Crippen LogP) is 1.24. The molecule has 1 aliphatic heterocycles. The third kappa shape index (κ3) is 3.14. The lowest BCUT2D eigenvalue weighted by atomic mass is 10.3. The number of nitrogens with zero attached hydrogens (tertiary/aromatic N) is 7. The smallest absolute Gasteiger partial charge is 0.256 e. The number of hydrogen-bond acceptors (Lipinski definition) is 6. The quantitative estimate of drug-likeness (QED) is 0.832. The molecule has 112 valence electrons. The molecule has 1 atom stereocenters. The fraction of sp³-hybridized carbons (Fsp3) is 0.538. The van der Waals surface area contributed by atoms with Crippen LogP contribution in [0.3, 0.4) is 0 Å². The summed E-state index contributed by atoms with van der Waals surface area (Å²) in [4.78, 5) is 17.5. The average molecular weight is 308 g/mol. The first-order valence-electron chi connectivity index (χ1n) is 7.00. The molecule has 1 unspecified atom stereocenters. The maximum Gasteiger partial charge on any atom is 0.256 e. The van der Waals surface area contributed by atoms with E-state index < -0.39 is 0 Å². The lowest BCUT2D eigenvalue weighted by Crippen LogP contribution is -2.39. The van der Waals surface area contributed by atoms with Crippen molar-refractivity contribution in [1.29, 1.82) is 0 Å². The van der Waals surface area contributed by atoms with Gasteiger partial charge in [-0.1, -0.05) is 0 Å². The van der Waals surface area contributed by atoms with Gasteiger partial charge in [0.1, 0.15) is 0 Å². The monoisotopic (exact) mass is 307 g/mol. The Balaban J connectivity index is 1.94. The van der Waals surface area contributed by atoms with Crippen LogP contribution in [0.2, 0.25) is 5.28 Å². The second-order valence-corrected chi connectivity index (χ2v) is 5.65. The molecule has 7 nitrogen and oxygen atoms in total. The molecule has 0 bridgehead atoms. The largest absolute Gasteiger partial charge is 0.337 e. The van der Waals surface area contributed by atoms with Crippen LogP contribution in [-0.4, -0.2) is 62.4 Å². The fourth-order valence-corrected chi connectivity index (χ4v) is 2.77. The molecular weight excluding hydrogens is 290 g/mol. The SMILES string of the molecule is CC1CN(C)CCCN1c1nc(Cl)nc(-n2cccn2)n1. The summed E-state index contributed by atoms with van der Waals surface area (Å²) in [6, 6.07) is 2.14. The topological polar surface area (TPSA) is 63.0 Å². The van der Waals surface area contributed by atoms with E-state index in [0.29, 0.717) is 17.9 Å². The van der Waals surface area contributed by atoms with Crippen LogP contribution in [0.1, 0.15) is 13.3 Å². The van der Waals surface area contributed by atoms with Gasteiger partial charge in [-0.2, -0.15) is 20.1 Å². The Morgan fingerprint density at radius 3 is 2.76 bits per heavy atom. The number of anilines is 1. The lowest BCUT2D eigenvalue weighted by Gasteiger charge is -2.28. The van der Waals surface area contributed by atoms with Crippen LogP contribution in [0.5, 0.6) is 0 Å². The Morgan fingerprint density at radius 2 is 2.00 bits per heavy atom. The molecule has 0 aliphatic carbocycles. The molecule has 0 radical (unpaired) electrons. The number of halogens is 1. The molecule has 2 aromatic heterocycles. The summed E-state index contributed by atoms with van der Waals surface area (Å²) in [6.45, 7) is 5.13. The standard InChI is InChI=1S/C13H18ClN7/c1-10-9-19(2)6-4-7-20(10)12-16-11(14)17-13(18-12)21-8-3-5-15-21/h3,5,8,10H,4,6-7,9H2,1-2H3. The third-order valence-corrected chi connectivity index (χ3v) is 3.77. The van der Waals surface area contributed by atoms with E-state index in [9.17, 15) is 0 Å². The Labute approximate surface area is 128 Å². The van der Waals surface area contributed by atoms with Crippen LogP contribution in [0, 0.1) is 0 Å². The van der Waals surface area contributed by atoms with Gasteiger partial charge in [0, 0.05) is 31.5 Å². The summed E-state index contributed by atoms with van der Waals surface area (Å²) in [6.07, 6.45) is 4.54. The van der Waals surface area contributed by atoms with Crippen molar-refractivity contribution in [2.45, 2.75) is 19.4 Å². The van der Waals surface area contributed by atoms with Gasteiger partial charge in [-0.25, -0.2) is 4.68 Å². The van der Waals surface area contributed by atoms with Crippen molar-refractivity contribution < 1.29 is 0 Å². The Morgan fingerprint density at radius 1 is 1.19 bits per heavy atom. The van der Waals surface area contributed by atoms with Crippen molar-refractivity contribution in [1.82, 2.24) is 29.6 Å². The van der Waals surface area contributed by atoms with Crippen LogP contribution < -0.4 is 4.90 Å². The molecule has 0 N–H and O–H groups in total. The highest BCUT2D eigenvalue weighted by Crippen LogP contribution is 2.18. The number of likely N-dealkylation sites (N-methyl/N-ethyl adjacent to an activating group) is 1. The van der Waals surface area contributed by atoms with Crippen molar-refractivity contribution >= 4 is 17.5 Å². The molecule has 1 aliphatic rings. The third-order valence-electron chi connectivity index (χ3n) is 3.60. The summed E-state index contributed by atoms with van der Waals surface area (Å²) in [7, 11) is 2.13. The van der Waals surface area contributed by atoms with E-state index >= 15 is 0 Å². The number of rotatable bonds is 2. The van der Waals surface area contributed by atoms with E-state index in [0.717, 1.165) is 26.1 Å². The van der Waals surface area contributed by atoms with Gasteiger partial charge in [0.2, 0.25) is 11.2 Å². The Hall–Kier alpha value is -1.73. The van der Waals surface area contributed by atoms with Crippen LogP contribution in [-0.2, 0) is 0 Å². The highest BCUT2D eigenvalue weighted by atomic mass is 35.5. The molecule has 0 amide bonds. The molecular formula is C13H18ClN7. The summed E-state index contributed by atoms with van der Waals surface area (Å²) >= 11 is 6.06. The summed E-state index contributed by atoms with van der Waals surface area (Å²) in [5, 5.41) is 4.33. The summed E-state index contributed by atoms with van der Waals surface area (Å²) in [5.74, 6) is 1.06. The molecule has 1 saturated heterocycles.